The van der Waals surface area contributed by atoms with Crippen molar-refractivity contribution in [1.82, 2.24) is 19.7 Å². The van der Waals surface area contributed by atoms with Crippen LogP contribution in [0.1, 0.15) is 56.1 Å². The van der Waals surface area contributed by atoms with Crippen LogP contribution >= 0.6 is 0 Å². The maximum atomic E-state index is 13.0. The normalized spacial score (nSPS) is 28.8. The Morgan fingerprint density at radius 3 is 2.51 bits per heavy atom. The van der Waals surface area contributed by atoms with Gasteiger partial charge in [-0.2, -0.15) is 5.26 Å². The first kappa shape index (κ1) is 25.8. The fourth-order valence-corrected chi connectivity index (χ4v) is 6.64. The summed E-state index contributed by atoms with van der Waals surface area (Å²) in [6.45, 7) is 1.58. The molecule has 2 aromatic rings. The molecule has 5 rings (SSSR count). The number of aliphatic hydroxyl groups excluding tert-OH is 1. The number of nitrogens with zero attached hydrogens (tertiary/aromatic N) is 5. The second kappa shape index (κ2) is 10.5. The molecule has 8 heteroatoms. The second-order valence-corrected chi connectivity index (χ2v) is 11.3. The molecule has 3 fully saturated rings. The number of carbonyl (C=O) groups is 1. The van der Waals surface area contributed by atoms with E-state index in [0.717, 1.165) is 32.2 Å². The van der Waals surface area contributed by atoms with Crippen molar-refractivity contribution in [1.29, 1.82) is 5.26 Å². The molecule has 2 N–H and O–H groups in total. The largest absolute Gasteiger partial charge is 0.365 e. The summed E-state index contributed by atoms with van der Waals surface area (Å²) in [6, 6.07) is 16.1. The Morgan fingerprint density at radius 1 is 1.16 bits per heavy atom. The van der Waals surface area contributed by atoms with Gasteiger partial charge in [0.15, 0.2) is 6.35 Å². The summed E-state index contributed by atoms with van der Waals surface area (Å²) in [6.07, 6.45) is 8.36. The molecule has 2 heterocycles. The number of anilines is 1. The lowest BCUT2D eigenvalue weighted by atomic mass is 9.68. The van der Waals surface area contributed by atoms with Gasteiger partial charge < -0.3 is 10.4 Å². The first-order chi connectivity index (χ1) is 17.9. The summed E-state index contributed by atoms with van der Waals surface area (Å²) in [5.41, 5.74) is 1.48. The van der Waals surface area contributed by atoms with Crippen LogP contribution in [0.2, 0.25) is 0 Å². The molecule has 1 saturated heterocycles. The van der Waals surface area contributed by atoms with Crippen LogP contribution < -0.4 is 5.32 Å². The van der Waals surface area contributed by atoms with Gasteiger partial charge in [-0.25, -0.2) is 4.98 Å². The van der Waals surface area contributed by atoms with Gasteiger partial charge in [-0.15, -0.1) is 0 Å². The molecule has 1 aliphatic heterocycles. The van der Waals surface area contributed by atoms with Crippen LogP contribution in [0.3, 0.4) is 0 Å². The van der Waals surface area contributed by atoms with Crippen molar-refractivity contribution in [3.05, 3.63) is 59.8 Å². The van der Waals surface area contributed by atoms with Gasteiger partial charge in [0.25, 0.3) is 0 Å². The fourth-order valence-electron chi connectivity index (χ4n) is 6.64. The SMILES string of the molecule is CN(C)[C@]1(c2ccccc2)CC[C@]2(CC1)CN(CC(=O)Nc1ncccc1C#N)C(O)N2CC1CCC1. The predicted molar refractivity (Wildman–Crippen MR) is 142 cm³/mol. The number of rotatable bonds is 7. The zero-order valence-electron chi connectivity index (χ0n) is 21.9. The lowest BCUT2D eigenvalue weighted by molar-refractivity contribution is -0.126. The molecule has 1 amide bonds. The van der Waals surface area contributed by atoms with E-state index in [2.05, 4.69) is 70.6 Å². The molecule has 196 valence electrons. The third-order valence-corrected chi connectivity index (χ3v) is 9.10. The number of pyridine rings is 1. The fraction of sp³-hybridized carbons (Fsp3) is 0.552. The topological polar surface area (TPSA) is 95.7 Å². The van der Waals surface area contributed by atoms with Gasteiger partial charge in [-0.1, -0.05) is 36.8 Å². The summed E-state index contributed by atoms with van der Waals surface area (Å²) in [7, 11) is 4.34. The molecule has 0 bridgehead atoms. The second-order valence-electron chi connectivity index (χ2n) is 11.3. The van der Waals surface area contributed by atoms with Crippen LogP contribution in [-0.4, -0.2) is 76.3 Å². The Labute approximate surface area is 219 Å². The Bertz CT molecular complexity index is 1130. The molecule has 1 aromatic carbocycles. The lowest BCUT2D eigenvalue weighted by Crippen LogP contribution is -2.57. The monoisotopic (exact) mass is 502 g/mol. The molecule has 1 aromatic heterocycles. The minimum absolute atomic E-state index is 0.0307. The van der Waals surface area contributed by atoms with Crippen molar-refractivity contribution >= 4 is 11.7 Å². The van der Waals surface area contributed by atoms with Gasteiger partial charge in [0.1, 0.15) is 11.9 Å². The van der Waals surface area contributed by atoms with E-state index in [1.165, 1.54) is 24.8 Å². The number of nitrogens with one attached hydrogen (secondary N) is 1. The van der Waals surface area contributed by atoms with Gasteiger partial charge in [-0.3, -0.25) is 19.5 Å². The number of hydrogen-bond donors (Lipinski definition) is 2. The quantitative estimate of drug-likeness (QED) is 0.599. The number of nitriles is 1. The molecule has 3 aliphatic rings. The minimum atomic E-state index is -0.797. The van der Waals surface area contributed by atoms with Crippen molar-refractivity contribution in [2.45, 2.75) is 62.4 Å². The van der Waals surface area contributed by atoms with Gasteiger partial charge in [0.2, 0.25) is 5.91 Å². The standard InChI is InChI=1S/C29H38N6O2/c1-33(2)29(24-11-4-3-5-12-24)15-13-28(14-16-29)21-34(27(37)35(28)19-22-8-6-9-22)20-25(36)32-26-23(18-30)10-7-17-31-26/h3-5,7,10-12,17,22,27,37H,6,8-9,13-16,19-21H2,1-2H3,(H,31,32,36)/t27?,28-,29+. The van der Waals surface area contributed by atoms with E-state index in [4.69, 9.17) is 0 Å². The Hall–Kier alpha value is -2.83. The highest BCUT2D eigenvalue weighted by atomic mass is 16.3. The Kier molecular flexibility index (Phi) is 7.32. The zero-order valence-corrected chi connectivity index (χ0v) is 21.9. The van der Waals surface area contributed by atoms with E-state index in [-0.39, 0.29) is 29.3 Å². The molecule has 2 aliphatic carbocycles. The average Bonchev–Trinajstić information content (AvgIpc) is 3.12. The van der Waals surface area contributed by atoms with E-state index in [9.17, 15) is 15.2 Å². The van der Waals surface area contributed by atoms with Crippen molar-refractivity contribution < 1.29 is 9.90 Å². The number of hydrogen-bond acceptors (Lipinski definition) is 7. The van der Waals surface area contributed by atoms with Crippen molar-refractivity contribution in [2.24, 2.45) is 5.92 Å². The average molecular weight is 503 g/mol. The van der Waals surface area contributed by atoms with E-state index >= 15 is 0 Å². The van der Waals surface area contributed by atoms with Crippen LogP contribution in [0.15, 0.2) is 48.7 Å². The highest BCUT2D eigenvalue weighted by molar-refractivity contribution is 5.92. The summed E-state index contributed by atoms with van der Waals surface area (Å²) in [5.74, 6) is 0.611. The summed E-state index contributed by atoms with van der Waals surface area (Å²) in [4.78, 5) is 23.7. The lowest BCUT2D eigenvalue weighted by Gasteiger charge is -2.52. The summed E-state index contributed by atoms with van der Waals surface area (Å²) < 4.78 is 0. The van der Waals surface area contributed by atoms with Gasteiger partial charge in [0, 0.05) is 30.4 Å². The van der Waals surface area contributed by atoms with Crippen LogP contribution in [0.25, 0.3) is 0 Å². The van der Waals surface area contributed by atoms with E-state index in [1.807, 2.05) is 4.90 Å². The third kappa shape index (κ3) is 4.89. The predicted octanol–water partition coefficient (Wildman–Crippen LogP) is 3.36. The highest BCUT2D eigenvalue weighted by Crippen LogP contribution is 2.50. The summed E-state index contributed by atoms with van der Waals surface area (Å²) >= 11 is 0. The summed E-state index contributed by atoms with van der Waals surface area (Å²) in [5, 5.41) is 23.6. The number of carbonyl (C=O) groups excluding carboxylic acids is 1. The van der Waals surface area contributed by atoms with E-state index in [0.29, 0.717) is 18.0 Å². The van der Waals surface area contributed by atoms with Crippen LogP contribution in [0, 0.1) is 17.2 Å². The van der Waals surface area contributed by atoms with Crippen molar-refractivity contribution in [2.75, 3.05) is 39.0 Å². The smallest absolute Gasteiger partial charge is 0.239 e. The Balaban J connectivity index is 1.34. The molecule has 0 radical (unpaired) electrons. The first-order valence-corrected chi connectivity index (χ1v) is 13.4. The highest BCUT2D eigenvalue weighted by Gasteiger charge is 2.55. The van der Waals surface area contributed by atoms with Gasteiger partial charge in [-0.05, 0) is 76.2 Å². The maximum Gasteiger partial charge on any atom is 0.239 e. The van der Waals surface area contributed by atoms with Gasteiger partial charge in [0.05, 0.1) is 12.1 Å². The molecule has 37 heavy (non-hydrogen) atoms. The van der Waals surface area contributed by atoms with Crippen LogP contribution in [-0.2, 0) is 10.3 Å². The number of aromatic nitrogens is 1. The molecule has 1 unspecified atom stereocenters. The van der Waals surface area contributed by atoms with Crippen molar-refractivity contribution in [3.63, 3.8) is 0 Å². The van der Waals surface area contributed by atoms with Crippen LogP contribution in [0.5, 0.6) is 0 Å². The Morgan fingerprint density at radius 2 is 1.89 bits per heavy atom. The number of aliphatic hydroxyl groups is 1. The third-order valence-electron chi connectivity index (χ3n) is 9.10. The van der Waals surface area contributed by atoms with E-state index < -0.39 is 6.35 Å². The molecule has 8 nitrogen and oxygen atoms in total. The molecule has 1 spiro atoms. The number of amides is 1. The van der Waals surface area contributed by atoms with Gasteiger partial charge >= 0.3 is 0 Å². The maximum absolute atomic E-state index is 13.0. The number of benzene rings is 1. The first-order valence-electron chi connectivity index (χ1n) is 13.4. The molecule has 2 saturated carbocycles. The molecule has 1 atom stereocenters. The minimum Gasteiger partial charge on any atom is -0.365 e. The molecular weight excluding hydrogens is 464 g/mol. The van der Waals surface area contributed by atoms with Crippen molar-refractivity contribution in [3.8, 4) is 6.07 Å². The van der Waals surface area contributed by atoms with Crippen LogP contribution in [0.4, 0.5) is 5.82 Å². The molecular formula is C29H38N6O2. The zero-order chi connectivity index (χ0) is 26.0. The van der Waals surface area contributed by atoms with E-state index in [1.54, 1.807) is 18.3 Å².